The SMILES string of the molecule is [O-][N+]1=C(C2C=CCCC2)C(C2=CCCC=C2)=CC2C=CC=NC21. The molecule has 0 saturated carbocycles. The zero-order valence-corrected chi connectivity index (χ0v) is 13.3. The Bertz CT molecular complexity index is 703. The molecule has 0 bridgehead atoms. The highest BCUT2D eigenvalue weighted by Gasteiger charge is 2.38. The van der Waals surface area contributed by atoms with Gasteiger partial charge in [0.2, 0.25) is 5.71 Å². The second-order valence-corrected chi connectivity index (χ2v) is 6.57. The summed E-state index contributed by atoms with van der Waals surface area (Å²) < 4.78 is 1.18. The molecule has 4 aliphatic rings. The first-order valence-electron chi connectivity index (χ1n) is 8.64. The van der Waals surface area contributed by atoms with E-state index >= 15 is 0 Å². The summed E-state index contributed by atoms with van der Waals surface area (Å²) in [6, 6.07) is 0. The van der Waals surface area contributed by atoms with Gasteiger partial charge in [0.15, 0.2) is 0 Å². The largest absolute Gasteiger partial charge is 0.622 e. The van der Waals surface area contributed by atoms with Crippen molar-refractivity contribution in [3.05, 3.63) is 65.0 Å². The number of hydrogen-bond donors (Lipinski definition) is 0. The molecule has 0 aromatic heterocycles. The van der Waals surface area contributed by atoms with E-state index in [9.17, 15) is 5.21 Å². The van der Waals surface area contributed by atoms with Gasteiger partial charge in [-0.3, -0.25) is 0 Å². The predicted octanol–water partition coefficient (Wildman–Crippen LogP) is 4.09. The van der Waals surface area contributed by atoms with E-state index in [0.717, 1.165) is 43.4 Å². The lowest BCUT2D eigenvalue weighted by atomic mass is 9.80. The molecule has 0 radical (unpaired) electrons. The Morgan fingerprint density at radius 2 is 2.09 bits per heavy atom. The van der Waals surface area contributed by atoms with Gasteiger partial charge >= 0.3 is 0 Å². The molecule has 0 spiro atoms. The molecule has 3 heteroatoms. The van der Waals surface area contributed by atoms with Gasteiger partial charge in [-0.25, -0.2) is 4.99 Å². The average Bonchev–Trinajstić information content (AvgIpc) is 2.63. The van der Waals surface area contributed by atoms with E-state index in [0.29, 0.717) is 0 Å². The van der Waals surface area contributed by atoms with E-state index in [2.05, 4.69) is 47.5 Å². The van der Waals surface area contributed by atoms with Gasteiger partial charge in [0.25, 0.3) is 6.17 Å². The van der Waals surface area contributed by atoms with Crippen LogP contribution >= 0.6 is 0 Å². The van der Waals surface area contributed by atoms with Crippen LogP contribution in [-0.4, -0.2) is 22.8 Å². The summed E-state index contributed by atoms with van der Waals surface area (Å²) >= 11 is 0. The number of dihydropyridines is 1. The van der Waals surface area contributed by atoms with Gasteiger partial charge in [-0.2, -0.15) is 4.74 Å². The van der Waals surface area contributed by atoms with Crippen molar-refractivity contribution in [3.63, 3.8) is 0 Å². The van der Waals surface area contributed by atoms with E-state index in [1.807, 2.05) is 6.08 Å². The number of rotatable bonds is 2. The molecule has 3 nitrogen and oxygen atoms in total. The Hall–Kier alpha value is -2.16. The van der Waals surface area contributed by atoms with Crippen LogP contribution in [0.2, 0.25) is 0 Å². The van der Waals surface area contributed by atoms with Crippen molar-refractivity contribution < 1.29 is 4.74 Å². The highest BCUT2D eigenvalue weighted by Crippen LogP contribution is 2.34. The lowest BCUT2D eigenvalue weighted by molar-refractivity contribution is -0.508. The topological polar surface area (TPSA) is 38.4 Å². The molecule has 0 N–H and O–H groups in total. The second kappa shape index (κ2) is 6.15. The molecule has 4 rings (SSSR count). The van der Waals surface area contributed by atoms with Crippen molar-refractivity contribution in [2.45, 2.75) is 38.3 Å². The van der Waals surface area contributed by atoms with Crippen molar-refractivity contribution in [2.24, 2.45) is 16.8 Å². The zero-order valence-electron chi connectivity index (χ0n) is 13.3. The van der Waals surface area contributed by atoms with Crippen molar-refractivity contribution in [2.75, 3.05) is 0 Å². The van der Waals surface area contributed by atoms with Crippen LogP contribution in [0.1, 0.15) is 32.1 Å². The lowest BCUT2D eigenvalue weighted by Crippen LogP contribution is -2.40. The van der Waals surface area contributed by atoms with Crippen molar-refractivity contribution in [1.29, 1.82) is 0 Å². The van der Waals surface area contributed by atoms with Crippen LogP contribution in [-0.2, 0) is 0 Å². The standard InChI is InChI=1S/C20H22N2O/c23-22-19(16-10-5-2-6-11-16)18(15-8-3-1-4-9-15)14-17-12-7-13-21-20(17)22/h3,5,7-10,12-14,16-17,20H,1-2,4,6,11H2. The van der Waals surface area contributed by atoms with E-state index in [1.165, 1.54) is 10.3 Å². The van der Waals surface area contributed by atoms with E-state index in [-0.39, 0.29) is 18.0 Å². The van der Waals surface area contributed by atoms with Crippen LogP contribution in [0.15, 0.2) is 64.7 Å². The Kier molecular flexibility index (Phi) is 3.86. The quantitative estimate of drug-likeness (QED) is 0.430. The van der Waals surface area contributed by atoms with Gasteiger partial charge in [0, 0.05) is 11.8 Å². The summed E-state index contributed by atoms with van der Waals surface area (Å²) in [5, 5.41) is 13.1. The molecule has 0 fully saturated rings. The average molecular weight is 306 g/mol. The summed E-state index contributed by atoms with van der Waals surface area (Å²) in [5.74, 6) is 0.283. The molecule has 0 amide bonds. The smallest absolute Gasteiger partial charge is 0.265 e. The Labute approximate surface area is 137 Å². The van der Waals surface area contributed by atoms with Crippen LogP contribution < -0.4 is 0 Å². The zero-order chi connectivity index (χ0) is 15.6. The Morgan fingerprint density at radius 1 is 1.13 bits per heavy atom. The van der Waals surface area contributed by atoms with Gasteiger partial charge in [-0.1, -0.05) is 42.5 Å². The van der Waals surface area contributed by atoms with E-state index < -0.39 is 0 Å². The summed E-state index contributed by atoms with van der Waals surface area (Å²) in [7, 11) is 0. The first-order valence-corrected chi connectivity index (χ1v) is 8.64. The number of hydrogen-bond acceptors (Lipinski definition) is 2. The molecule has 2 aliphatic carbocycles. The maximum absolute atomic E-state index is 13.1. The minimum Gasteiger partial charge on any atom is -0.622 e. The fraction of sp³-hybridized carbons (Fsp3) is 0.400. The second-order valence-electron chi connectivity index (χ2n) is 6.57. The Balaban J connectivity index is 1.81. The number of hydroxylamine groups is 1. The van der Waals surface area contributed by atoms with Crippen LogP contribution in [0.4, 0.5) is 0 Å². The minimum atomic E-state index is -0.331. The summed E-state index contributed by atoms with van der Waals surface area (Å²) in [4.78, 5) is 4.43. The molecule has 0 aromatic rings. The first-order chi connectivity index (χ1) is 11.3. The molecule has 0 aromatic carbocycles. The van der Waals surface area contributed by atoms with Gasteiger partial charge in [-0.05, 0) is 43.8 Å². The summed E-state index contributed by atoms with van der Waals surface area (Å²) in [6.07, 6.45) is 24.3. The van der Waals surface area contributed by atoms with Crippen molar-refractivity contribution in [3.8, 4) is 0 Å². The first kappa shape index (κ1) is 14.4. The number of aliphatic imine (C=N–C) groups is 1. The summed E-state index contributed by atoms with van der Waals surface area (Å²) in [5.41, 5.74) is 3.23. The number of fused-ring (bicyclic) bond motifs is 1. The highest BCUT2D eigenvalue weighted by atomic mass is 16.5. The molecule has 2 heterocycles. The van der Waals surface area contributed by atoms with Gasteiger partial charge in [0.1, 0.15) is 0 Å². The van der Waals surface area contributed by atoms with Crippen LogP contribution in [0.25, 0.3) is 0 Å². The summed E-state index contributed by atoms with van der Waals surface area (Å²) in [6.45, 7) is 0. The number of allylic oxidation sites excluding steroid dienone is 8. The lowest BCUT2D eigenvalue weighted by Gasteiger charge is -2.31. The molecule has 118 valence electrons. The number of nitrogens with zero attached hydrogens (tertiary/aromatic N) is 2. The molecular weight excluding hydrogens is 284 g/mol. The molecule has 0 saturated heterocycles. The molecular formula is C20H22N2O. The fourth-order valence-electron chi connectivity index (χ4n) is 3.87. The third-order valence-electron chi connectivity index (χ3n) is 5.03. The monoisotopic (exact) mass is 306 g/mol. The minimum absolute atomic E-state index is 0.0695. The van der Waals surface area contributed by atoms with Crippen LogP contribution in [0, 0.1) is 17.0 Å². The third kappa shape index (κ3) is 2.65. The van der Waals surface area contributed by atoms with Gasteiger partial charge < -0.3 is 5.21 Å². The predicted molar refractivity (Wildman–Crippen MR) is 94.6 cm³/mol. The van der Waals surface area contributed by atoms with Crippen LogP contribution in [0.5, 0.6) is 0 Å². The molecule has 2 aliphatic heterocycles. The van der Waals surface area contributed by atoms with Gasteiger partial charge in [0.05, 0.1) is 11.8 Å². The highest BCUT2D eigenvalue weighted by molar-refractivity contribution is 6.04. The van der Waals surface area contributed by atoms with Gasteiger partial charge in [-0.15, -0.1) is 0 Å². The molecule has 23 heavy (non-hydrogen) atoms. The molecule has 3 unspecified atom stereocenters. The maximum Gasteiger partial charge on any atom is 0.265 e. The third-order valence-corrected chi connectivity index (χ3v) is 5.03. The van der Waals surface area contributed by atoms with E-state index in [1.54, 1.807) is 6.21 Å². The maximum atomic E-state index is 13.1. The van der Waals surface area contributed by atoms with Crippen molar-refractivity contribution in [1.82, 2.24) is 0 Å². The molecule has 3 atom stereocenters. The van der Waals surface area contributed by atoms with E-state index in [4.69, 9.17) is 0 Å². The normalized spacial score (nSPS) is 32.6. The fourth-order valence-corrected chi connectivity index (χ4v) is 3.87. The van der Waals surface area contributed by atoms with Crippen LogP contribution in [0.3, 0.4) is 0 Å². The Morgan fingerprint density at radius 3 is 2.87 bits per heavy atom. The van der Waals surface area contributed by atoms with Crippen molar-refractivity contribution >= 4 is 11.9 Å².